The molecule has 0 saturated carbocycles. The van der Waals surface area contributed by atoms with E-state index < -0.39 is 9.84 Å². The van der Waals surface area contributed by atoms with Gasteiger partial charge < -0.3 is 4.90 Å². The van der Waals surface area contributed by atoms with Crippen LogP contribution >= 0.6 is 11.8 Å². The second-order valence-electron chi connectivity index (χ2n) is 7.38. The number of rotatable bonds is 7. The van der Waals surface area contributed by atoms with Gasteiger partial charge in [0, 0.05) is 30.6 Å². The number of hydrogen-bond acceptors (Lipinski definition) is 5. The number of benzene rings is 1. The number of sulfone groups is 1. The van der Waals surface area contributed by atoms with E-state index in [2.05, 4.69) is 17.2 Å². The highest BCUT2D eigenvalue weighted by Crippen LogP contribution is 2.27. The van der Waals surface area contributed by atoms with Crippen LogP contribution in [-0.2, 0) is 26.9 Å². The molecule has 3 rings (SSSR count). The minimum atomic E-state index is -2.96. The third kappa shape index (κ3) is 4.97. The molecule has 1 amide bonds. The van der Waals surface area contributed by atoms with Crippen LogP contribution in [0, 0.1) is 13.8 Å². The summed E-state index contributed by atoms with van der Waals surface area (Å²) in [5.74, 6) is 1.70. The molecule has 152 valence electrons. The molecule has 1 fully saturated rings. The van der Waals surface area contributed by atoms with Gasteiger partial charge in [-0.15, -0.1) is 11.8 Å². The average molecular weight is 422 g/mol. The van der Waals surface area contributed by atoms with Crippen molar-refractivity contribution in [2.24, 2.45) is 0 Å². The number of carbonyl (C=O) groups excluding carboxylic acids is 1. The van der Waals surface area contributed by atoms with Crippen LogP contribution in [-0.4, -0.2) is 53.3 Å². The fourth-order valence-electron chi connectivity index (χ4n) is 3.52. The monoisotopic (exact) mass is 421 g/mol. The summed E-state index contributed by atoms with van der Waals surface area (Å²) in [4.78, 5) is 14.2. The van der Waals surface area contributed by atoms with Crippen molar-refractivity contribution < 1.29 is 13.2 Å². The van der Waals surface area contributed by atoms with E-state index in [9.17, 15) is 13.2 Å². The normalized spacial score (nSPS) is 18.3. The molecule has 0 unspecified atom stereocenters. The highest BCUT2D eigenvalue weighted by Gasteiger charge is 2.31. The first-order valence-corrected chi connectivity index (χ1v) is 12.3. The fourth-order valence-corrected chi connectivity index (χ4v) is 6.13. The third-order valence-corrected chi connectivity index (χ3v) is 7.93. The lowest BCUT2D eigenvalue weighted by atomic mass is 10.1. The molecule has 1 aromatic carbocycles. The summed E-state index contributed by atoms with van der Waals surface area (Å²) < 4.78 is 25.4. The maximum atomic E-state index is 12.5. The van der Waals surface area contributed by atoms with Crippen LogP contribution < -0.4 is 0 Å². The van der Waals surface area contributed by atoms with Gasteiger partial charge in [-0.3, -0.25) is 9.48 Å². The topological polar surface area (TPSA) is 72.3 Å². The van der Waals surface area contributed by atoms with E-state index >= 15 is 0 Å². The van der Waals surface area contributed by atoms with Gasteiger partial charge in [0.05, 0.1) is 29.0 Å². The number of aromatic nitrogens is 2. The Morgan fingerprint density at radius 2 is 2.00 bits per heavy atom. The zero-order valence-corrected chi connectivity index (χ0v) is 18.2. The molecule has 1 aliphatic rings. The minimum Gasteiger partial charge on any atom is -0.341 e. The van der Waals surface area contributed by atoms with Crippen LogP contribution in [0.4, 0.5) is 0 Å². The second-order valence-corrected chi connectivity index (χ2v) is 10.6. The lowest BCUT2D eigenvalue weighted by Gasteiger charge is -2.18. The molecule has 0 radical (unpaired) electrons. The quantitative estimate of drug-likeness (QED) is 0.687. The molecule has 1 atom stereocenters. The molecule has 1 aromatic heterocycles. The van der Waals surface area contributed by atoms with E-state index in [0.29, 0.717) is 18.7 Å². The molecule has 2 heterocycles. The van der Waals surface area contributed by atoms with Crippen molar-refractivity contribution in [3.8, 4) is 0 Å². The zero-order valence-electron chi connectivity index (χ0n) is 16.6. The molecule has 0 bridgehead atoms. The van der Waals surface area contributed by atoms with Crippen molar-refractivity contribution in [1.29, 1.82) is 0 Å². The summed E-state index contributed by atoms with van der Waals surface area (Å²) in [6, 6.07) is 10.0. The molecule has 0 N–H and O–H groups in total. The van der Waals surface area contributed by atoms with Gasteiger partial charge in [-0.05, 0) is 25.8 Å². The molecule has 2 aromatic rings. The molecule has 1 aliphatic heterocycles. The summed E-state index contributed by atoms with van der Waals surface area (Å²) in [6.45, 7) is 4.37. The Labute approximate surface area is 171 Å². The summed E-state index contributed by atoms with van der Waals surface area (Å²) in [5.41, 5.74) is 4.03. The van der Waals surface area contributed by atoms with Crippen molar-refractivity contribution in [3.05, 3.63) is 52.8 Å². The highest BCUT2D eigenvalue weighted by molar-refractivity contribution is 7.99. The van der Waals surface area contributed by atoms with Crippen molar-refractivity contribution in [3.63, 3.8) is 0 Å². The summed E-state index contributed by atoms with van der Waals surface area (Å²) in [5, 5.41) is 4.58. The van der Waals surface area contributed by atoms with Crippen LogP contribution in [0.2, 0.25) is 0 Å². The van der Waals surface area contributed by atoms with Gasteiger partial charge in [-0.2, -0.15) is 5.10 Å². The first-order chi connectivity index (χ1) is 13.3. The van der Waals surface area contributed by atoms with E-state index in [1.165, 1.54) is 5.56 Å². The van der Waals surface area contributed by atoms with Crippen molar-refractivity contribution in [1.82, 2.24) is 14.7 Å². The first kappa shape index (κ1) is 20.9. The van der Waals surface area contributed by atoms with Gasteiger partial charge in [0.25, 0.3) is 0 Å². The van der Waals surface area contributed by atoms with Gasteiger partial charge in [-0.1, -0.05) is 30.3 Å². The van der Waals surface area contributed by atoms with Gasteiger partial charge in [-0.25, -0.2) is 8.42 Å². The Morgan fingerprint density at radius 1 is 1.29 bits per heavy atom. The maximum absolute atomic E-state index is 12.5. The van der Waals surface area contributed by atoms with Crippen molar-refractivity contribution in [2.75, 3.05) is 24.3 Å². The van der Waals surface area contributed by atoms with E-state index in [0.717, 1.165) is 22.7 Å². The Bertz CT molecular complexity index is 939. The first-order valence-electron chi connectivity index (χ1n) is 9.37. The van der Waals surface area contributed by atoms with Crippen LogP contribution in [0.1, 0.15) is 35.0 Å². The predicted molar refractivity (Wildman–Crippen MR) is 113 cm³/mol. The number of amides is 1. The van der Waals surface area contributed by atoms with Crippen LogP contribution in [0.25, 0.3) is 0 Å². The summed E-state index contributed by atoms with van der Waals surface area (Å²) >= 11 is 1.61. The molecule has 0 aliphatic carbocycles. The number of thioether (sulfide) groups is 1. The zero-order chi connectivity index (χ0) is 20.3. The van der Waals surface area contributed by atoms with Gasteiger partial charge in [0.15, 0.2) is 9.84 Å². The summed E-state index contributed by atoms with van der Waals surface area (Å²) in [7, 11) is -1.15. The molecular weight excluding hydrogens is 394 g/mol. The third-order valence-electron chi connectivity index (χ3n) is 5.19. The highest BCUT2D eigenvalue weighted by atomic mass is 32.2. The minimum absolute atomic E-state index is 0.0796. The fraction of sp³-hybridized carbons (Fsp3) is 0.500. The average Bonchev–Trinajstić information content (AvgIpc) is 3.15. The van der Waals surface area contributed by atoms with Crippen LogP contribution in [0.15, 0.2) is 30.3 Å². The van der Waals surface area contributed by atoms with Crippen molar-refractivity contribution >= 4 is 27.5 Å². The maximum Gasteiger partial charge on any atom is 0.232 e. The molecule has 1 saturated heterocycles. The SMILES string of the molecule is Cc1nn([C@@H]2CCS(=O)(=O)C2)c(C)c1CN(C)C(=O)CSCc1ccccc1. The molecule has 6 nitrogen and oxygen atoms in total. The molecule has 8 heteroatoms. The summed E-state index contributed by atoms with van der Waals surface area (Å²) in [6.07, 6.45) is 0.606. The van der Waals surface area contributed by atoms with E-state index in [1.807, 2.05) is 43.8 Å². The second kappa shape index (κ2) is 8.69. The number of hydrogen-bond donors (Lipinski definition) is 0. The van der Waals surface area contributed by atoms with Crippen LogP contribution in [0.5, 0.6) is 0 Å². The van der Waals surface area contributed by atoms with Gasteiger partial charge in [0.1, 0.15) is 0 Å². The Balaban J connectivity index is 1.59. The smallest absolute Gasteiger partial charge is 0.232 e. The molecule has 0 spiro atoms. The van der Waals surface area contributed by atoms with E-state index in [4.69, 9.17) is 0 Å². The van der Waals surface area contributed by atoms with E-state index in [1.54, 1.807) is 16.7 Å². The van der Waals surface area contributed by atoms with Gasteiger partial charge in [0.2, 0.25) is 5.91 Å². The predicted octanol–water partition coefficient (Wildman–Crippen LogP) is 2.75. The number of aryl methyl sites for hydroxylation is 1. The van der Waals surface area contributed by atoms with Crippen LogP contribution in [0.3, 0.4) is 0 Å². The molecular formula is C20H27N3O3S2. The lowest BCUT2D eigenvalue weighted by molar-refractivity contribution is -0.127. The standard InChI is InChI=1S/C20H27N3O3S2/c1-15-19(16(2)23(21-15)18-9-10-28(25,26)14-18)11-22(3)20(24)13-27-12-17-7-5-4-6-8-17/h4-8,18H,9-14H2,1-3H3/t18-/m1/s1. The Hall–Kier alpha value is -1.80. The lowest BCUT2D eigenvalue weighted by Crippen LogP contribution is -2.28. The Morgan fingerprint density at radius 3 is 2.64 bits per heavy atom. The van der Waals surface area contributed by atoms with Gasteiger partial charge >= 0.3 is 0 Å². The van der Waals surface area contributed by atoms with Crippen molar-refractivity contribution in [2.45, 2.75) is 38.6 Å². The Kier molecular flexibility index (Phi) is 6.50. The largest absolute Gasteiger partial charge is 0.341 e. The molecule has 28 heavy (non-hydrogen) atoms. The number of carbonyl (C=O) groups is 1. The van der Waals surface area contributed by atoms with E-state index in [-0.39, 0.29) is 23.5 Å². The number of nitrogens with zero attached hydrogens (tertiary/aromatic N) is 3.